The first-order valence-corrected chi connectivity index (χ1v) is 15.3. The highest BCUT2D eigenvalue weighted by Crippen LogP contribution is 2.46. The zero-order chi connectivity index (χ0) is 31.7. The van der Waals surface area contributed by atoms with E-state index in [2.05, 4.69) is 10.2 Å². The van der Waals surface area contributed by atoms with Crippen molar-refractivity contribution in [3.05, 3.63) is 82.2 Å². The summed E-state index contributed by atoms with van der Waals surface area (Å²) in [6.45, 7) is 12.8. The van der Waals surface area contributed by atoms with Crippen molar-refractivity contribution in [3.8, 4) is 0 Å². The van der Waals surface area contributed by atoms with Gasteiger partial charge in [0.2, 0.25) is 0 Å². The maximum Gasteiger partial charge on any atom is 0.302 e. The summed E-state index contributed by atoms with van der Waals surface area (Å²) in [5, 5.41) is 8.95. The molecule has 5 aromatic rings. The second-order valence-corrected chi connectivity index (χ2v) is 11.8. The largest absolute Gasteiger partial charge is 0.349 e. The van der Waals surface area contributed by atoms with Crippen LogP contribution < -0.4 is 5.32 Å². The van der Waals surface area contributed by atoms with Crippen molar-refractivity contribution in [3.63, 3.8) is 0 Å². The molecule has 0 aromatic heterocycles. The highest BCUT2D eigenvalue weighted by Gasteiger charge is 2.38. The number of carbonyl (C=O) groups excluding carboxylic acids is 5. The number of imide groups is 2. The summed E-state index contributed by atoms with van der Waals surface area (Å²) < 4.78 is 0. The molecule has 2 aliphatic heterocycles. The summed E-state index contributed by atoms with van der Waals surface area (Å²) in [5.41, 5.74) is 1.87. The van der Waals surface area contributed by atoms with Crippen molar-refractivity contribution in [1.82, 2.24) is 15.1 Å². The number of nitrogens with one attached hydrogen (secondary N) is 1. The predicted molar refractivity (Wildman–Crippen MR) is 172 cm³/mol. The van der Waals surface area contributed by atoms with Crippen LogP contribution in [0.5, 0.6) is 0 Å². The van der Waals surface area contributed by atoms with E-state index in [9.17, 15) is 24.0 Å². The average molecular weight is 599 g/mol. The zero-order valence-electron chi connectivity index (χ0n) is 25.2. The Balaban J connectivity index is 1.35. The molecule has 0 unspecified atom stereocenters. The van der Waals surface area contributed by atoms with Crippen molar-refractivity contribution < 1.29 is 24.0 Å². The Hall–Kier alpha value is -5.36. The molecular weight excluding hydrogens is 568 g/mol. The van der Waals surface area contributed by atoms with Crippen molar-refractivity contribution in [2.45, 2.75) is 52.1 Å². The molecule has 9 heteroatoms. The maximum absolute atomic E-state index is 13.7. The number of amides is 5. The summed E-state index contributed by atoms with van der Waals surface area (Å²) in [7, 11) is 0. The zero-order valence-corrected chi connectivity index (χ0v) is 25.2. The molecule has 9 nitrogen and oxygen atoms in total. The van der Waals surface area contributed by atoms with Gasteiger partial charge in [0, 0.05) is 59.1 Å². The van der Waals surface area contributed by atoms with Gasteiger partial charge in [-0.05, 0) is 75.8 Å². The second-order valence-electron chi connectivity index (χ2n) is 11.8. The van der Waals surface area contributed by atoms with Gasteiger partial charge in [-0.15, -0.1) is 0 Å². The molecule has 0 saturated carbocycles. The minimum absolute atomic E-state index is 0.123. The first kappa shape index (κ1) is 28.4. The molecule has 0 radical (unpaired) electrons. The van der Waals surface area contributed by atoms with Gasteiger partial charge in [-0.3, -0.25) is 33.8 Å². The van der Waals surface area contributed by atoms with Gasteiger partial charge < -0.3 is 10.2 Å². The maximum atomic E-state index is 13.7. The standard InChI is InChI=1S/C36H30N4O5/c1-5-19(6-2)40-35(44)26-14-10-22-20-8-12-24-30-25(34(43)39(33(24)42)17-7-16-38-32(41)18(3)37-4)13-9-21(28(20)30)23-11-15-27(36(40)45)31(26)29(22)23/h8-15,18-19H,5-7,16-17H2,1-3H3,(H,38,41)/t18-/m0/s1. The Bertz CT molecular complexity index is 2070. The molecule has 5 amide bonds. The van der Waals surface area contributed by atoms with Crippen LogP contribution in [-0.4, -0.2) is 64.5 Å². The molecule has 0 saturated heterocycles. The molecule has 5 aromatic carbocycles. The van der Waals surface area contributed by atoms with Crippen LogP contribution in [0.15, 0.2) is 48.5 Å². The van der Waals surface area contributed by atoms with Crippen molar-refractivity contribution in [2.75, 3.05) is 13.1 Å². The van der Waals surface area contributed by atoms with Gasteiger partial charge in [-0.25, -0.2) is 6.57 Å². The van der Waals surface area contributed by atoms with Crippen LogP contribution in [-0.2, 0) is 4.79 Å². The lowest BCUT2D eigenvalue weighted by Crippen LogP contribution is -2.46. The monoisotopic (exact) mass is 598 g/mol. The lowest BCUT2D eigenvalue weighted by atomic mass is 9.82. The van der Waals surface area contributed by atoms with Crippen molar-refractivity contribution in [1.29, 1.82) is 0 Å². The highest BCUT2D eigenvalue weighted by atomic mass is 16.2. The molecule has 0 bridgehead atoms. The van der Waals surface area contributed by atoms with Gasteiger partial charge in [0.25, 0.3) is 29.7 Å². The van der Waals surface area contributed by atoms with E-state index in [-0.39, 0.29) is 36.9 Å². The average Bonchev–Trinajstić information content (AvgIpc) is 3.06. The van der Waals surface area contributed by atoms with Crippen LogP contribution >= 0.6 is 0 Å². The fraction of sp³-hybridized carbons (Fsp3) is 0.278. The Morgan fingerprint density at radius 1 is 0.711 bits per heavy atom. The number of rotatable bonds is 8. The number of benzene rings is 5. The molecule has 1 atom stereocenters. The summed E-state index contributed by atoms with van der Waals surface area (Å²) in [4.78, 5) is 72.7. The molecule has 0 spiro atoms. The van der Waals surface area contributed by atoms with E-state index < -0.39 is 17.9 Å². The van der Waals surface area contributed by atoms with E-state index in [0.717, 1.165) is 32.3 Å². The fourth-order valence-corrected chi connectivity index (χ4v) is 7.18. The number of fused-ring (bicyclic) bond motifs is 2. The van der Waals surface area contributed by atoms with Gasteiger partial charge in [-0.2, -0.15) is 0 Å². The van der Waals surface area contributed by atoms with Crippen LogP contribution in [0, 0.1) is 6.57 Å². The molecule has 224 valence electrons. The van der Waals surface area contributed by atoms with Crippen molar-refractivity contribution in [2.24, 2.45) is 0 Å². The predicted octanol–water partition coefficient (Wildman–Crippen LogP) is 5.93. The number of hydrogen-bond donors (Lipinski definition) is 1. The van der Waals surface area contributed by atoms with Crippen LogP contribution in [0.25, 0.3) is 47.9 Å². The minimum Gasteiger partial charge on any atom is -0.349 e. The van der Waals surface area contributed by atoms with Gasteiger partial charge in [0.1, 0.15) is 0 Å². The van der Waals surface area contributed by atoms with E-state index in [1.54, 1.807) is 24.3 Å². The van der Waals surface area contributed by atoms with E-state index in [1.165, 1.54) is 16.7 Å². The molecule has 0 aliphatic carbocycles. The summed E-state index contributed by atoms with van der Waals surface area (Å²) in [6.07, 6.45) is 1.71. The molecule has 2 aliphatic rings. The topological polar surface area (TPSA) is 108 Å². The van der Waals surface area contributed by atoms with Gasteiger partial charge >= 0.3 is 5.91 Å². The number of carbonyl (C=O) groups is 5. The Morgan fingerprint density at radius 3 is 1.53 bits per heavy atom. The quantitative estimate of drug-likeness (QED) is 0.0783. The van der Waals surface area contributed by atoms with Gasteiger partial charge in [0.15, 0.2) is 0 Å². The number of nitrogens with zero attached hydrogens (tertiary/aromatic N) is 3. The van der Waals surface area contributed by atoms with Crippen LogP contribution in [0.1, 0.15) is 81.5 Å². The van der Waals surface area contributed by atoms with Crippen LogP contribution in [0.3, 0.4) is 0 Å². The normalized spacial score (nSPS) is 15.3. The molecule has 7 rings (SSSR count). The van der Waals surface area contributed by atoms with E-state index >= 15 is 0 Å². The second kappa shape index (κ2) is 10.4. The molecular formula is C36H30N4O5. The Morgan fingerprint density at radius 2 is 1.13 bits per heavy atom. The highest BCUT2D eigenvalue weighted by molar-refractivity contribution is 6.41. The van der Waals surface area contributed by atoms with E-state index in [1.807, 2.05) is 38.1 Å². The van der Waals surface area contributed by atoms with Crippen LogP contribution in [0.2, 0.25) is 0 Å². The summed E-state index contributed by atoms with van der Waals surface area (Å²) in [6, 6.07) is 13.7. The molecule has 45 heavy (non-hydrogen) atoms. The third-order valence-corrected chi connectivity index (χ3v) is 9.49. The van der Waals surface area contributed by atoms with Crippen LogP contribution in [0.4, 0.5) is 0 Å². The lowest BCUT2D eigenvalue weighted by Gasteiger charge is -2.33. The van der Waals surface area contributed by atoms with E-state index in [4.69, 9.17) is 6.57 Å². The summed E-state index contributed by atoms with van der Waals surface area (Å²) >= 11 is 0. The number of hydrogen-bond acceptors (Lipinski definition) is 5. The third kappa shape index (κ3) is 3.88. The first-order chi connectivity index (χ1) is 21.7. The lowest BCUT2D eigenvalue weighted by molar-refractivity contribution is -0.121. The molecule has 1 N–H and O–H groups in total. The SMILES string of the molecule is [C-]#[N+][C@@H](C)C(=O)NCCCN1C(=O)c2ccc3c4ccc5c6c(ccc(c7ccc(c2c37)C1=O)c64)C(=O)N(C(CC)CC)C5=O. The Kier molecular flexibility index (Phi) is 6.55. The molecule has 2 heterocycles. The van der Waals surface area contributed by atoms with E-state index in [0.29, 0.717) is 52.3 Å². The van der Waals surface area contributed by atoms with Gasteiger partial charge in [0.05, 0.1) is 0 Å². The first-order valence-electron chi connectivity index (χ1n) is 15.3. The smallest absolute Gasteiger partial charge is 0.302 e. The fourth-order valence-electron chi connectivity index (χ4n) is 7.18. The minimum atomic E-state index is -0.795. The third-order valence-electron chi connectivity index (χ3n) is 9.49. The van der Waals surface area contributed by atoms with Gasteiger partial charge in [-0.1, -0.05) is 38.1 Å². The Labute approximate surface area is 258 Å². The molecule has 0 fully saturated rings. The summed E-state index contributed by atoms with van der Waals surface area (Å²) in [5.74, 6) is -1.74. The van der Waals surface area contributed by atoms with Crippen molar-refractivity contribution >= 4 is 72.6 Å².